The van der Waals surface area contributed by atoms with Crippen LogP contribution in [0.25, 0.3) is 10.4 Å². The maximum atomic E-state index is 13.0. The van der Waals surface area contributed by atoms with Crippen molar-refractivity contribution in [3.63, 3.8) is 0 Å². The van der Waals surface area contributed by atoms with Gasteiger partial charge in [-0.05, 0) is 23.2 Å². The van der Waals surface area contributed by atoms with Crippen molar-refractivity contribution in [1.29, 1.82) is 5.26 Å². The Labute approximate surface area is 78.0 Å². The summed E-state index contributed by atoms with van der Waals surface area (Å²) in [6.07, 6.45) is 0. The van der Waals surface area contributed by atoms with E-state index in [1.165, 1.54) is 6.07 Å². The third-order valence-corrected chi connectivity index (χ3v) is 1.56. The van der Waals surface area contributed by atoms with Crippen LogP contribution >= 0.6 is 0 Å². The first kappa shape index (κ1) is 9.96. The summed E-state index contributed by atoms with van der Waals surface area (Å²) >= 11 is 0. The van der Waals surface area contributed by atoms with Crippen molar-refractivity contribution < 1.29 is 8.78 Å². The molecule has 0 aliphatic heterocycles. The molecule has 70 valence electrons. The Kier molecular flexibility index (Phi) is 3.00. The van der Waals surface area contributed by atoms with Gasteiger partial charge in [0.05, 0.1) is 12.1 Å². The van der Waals surface area contributed by atoms with Gasteiger partial charge in [0.2, 0.25) is 0 Å². The van der Waals surface area contributed by atoms with Crippen LogP contribution in [-0.4, -0.2) is 0 Å². The van der Waals surface area contributed by atoms with Crippen molar-refractivity contribution >= 4 is 0 Å². The van der Waals surface area contributed by atoms with Crippen LogP contribution in [0.4, 0.5) is 8.78 Å². The monoisotopic (exact) mass is 194 g/mol. The zero-order chi connectivity index (χ0) is 10.6. The fraction of sp³-hybridized carbons (Fsp3) is 0.125. The predicted molar refractivity (Wildman–Crippen MR) is 43.9 cm³/mol. The zero-order valence-corrected chi connectivity index (χ0v) is 6.91. The summed E-state index contributed by atoms with van der Waals surface area (Å²) in [5.74, 6) is -1.58. The van der Waals surface area contributed by atoms with E-state index in [1.807, 2.05) is 0 Å². The summed E-state index contributed by atoms with van der Waals surface area (Å²) in [6, 6.07) is 3.13. The van der Waals surface area contributed by atoms with Gasteiger partial charge in [-0.2, -0.15) is 5.26 Å². The summed E-state index contributed by atoms with van der Waals surface area (Å²) in [4.78, 5) is 2.42. The van der Waals surface area contributed by atoms with E-state index in [0.29, 0.717) is 0 Å². The molecule has 0 saturated heterocycles. The molecule has 0 aromatic heterocycles. The van der Waals surface area contributed by atoms with E-state index < -0.39 is 11.6 Å². The van der Waals surface area contributed by atoms with Gasteiger partial charge in [-0.25, -0.2) is 8.78 Å². The molecule has 14 heavy (non-hydrogen) atoms. The Morgan fingerprint density at radius 3 is 2.71 bits per heavy atom. The molecule has 0 heterocycles. The van der Waals surface area contributed by atoms with Crippen molar-refractivity contribution in [3.05, 3.63) is 45.3 Å². The summed E-state index contributed by atoms with van der Waals surface area (Å²) in [6.45, 7) is -0.273. The van der Waals surface area contributed by atoms with Gasteiger partial charge < -0.3 is 0 Å². The second kappa shape index (κ2) is 4.21. The number of hydrogen-bond donors (Lipinski definition) is 0. The van der Waals surface area contributed by atoms with Gasteiger partial charge in [-0.15, -0.1) is 0 Å². The normalized spacial score (nSPS) is 8.93. The Bertz CT molecular complexity index is 443. The molecule has 0 spiro atoms. The third kappa shape index (κ3) is 1.97. The van der Waals surface area contributed by atoms with Gasteiger partial charge in [0.1, 0.15) is 17.7 Å². The minimum absolute atomic E-state index is 0.0701. The molecule has 0 atom stereocenters. The summed E-state index contributed by atoms with van der Waals surface area (Å²) < 4.78 is 26.0. The number of halogens is 2. The second-order valence-corrected chi connectivity index (χ2v) is 2.42. The number of rotatable bonds is 2. The molecule has 1 aromatic carbocycles. The van der Waals surface area contributed by atoms with Gasteiger partial charge in [0.25, 0.3) is 0 Å². The molecule has 1 rings (SSSR count). The lowest BCUT2D eigenvalue weighted by Crippen LogP contribution is -1.93. The van der Waals surface area contributed by atoms with E-state index in [9.17, 15) is 8.78 Å². The highest BCUT2D eigenvalue weighted by Gasteiger charge is 2.08. The van der Waals surface area contributed by atoms with Gasteiger partial charge in [-0.3, -0.25) is 0 Å². The number of nitrogens with zero attached hydrogens (tertiary/aromatic N) is 4. The average Bonchev–Trinajstić information content (AvgIpc) is 2.18. The SMILES string of the molecule is N#Cc1cc(F)c(CN=[N+]=[N-])cc1F. The van der Waals surface area contributed by atoms with Crippen LogP contribution < -0.4 is 0 Å². The van der Waals surface area contributed by atoms with Crippen molar-refractivity contribution in [2.45, 2.75) is 6.54 Å². The molecule has 0 aliphatic rings. The predicted octanol–water partition coefficient (Wildman–Crippen LogP) is 2.65. The molecule has 0 radical (unpaired) electrons. The summed E-state index contributed by atoms with van der Waals surface area (Å²) in [7, 11) is 0. The van der Waals surface area contributed by atoms with Gasteiger partial charge in [0.15, 0.2) is 0 Å². The Balaban J connectivity index is 3.16. The van der Waals surface area contributed by atoms with Crippen LogP contribution in [0.3, 0.4) is 0 Å². The minimum Gasteiger partial charge on any atom is -0.207 e. The van der Waals surface area contributed by atoms with E-state index in [4.69, 9.17) is 10.8 Å². The van der Waals surface area contributed by atoms with Crippen LogP contribution in [0.15, 0.2) is 17.2 Å². The van der Waals surface area contributed by atoms with Crippen LogP contribution in [0, 0.1) is 23.0 Å². The van der Waals surface area contributed by atoms with Crippen molar-refractivity contribution in [3.8, 4) is 6.07 Å². The van der Waals surface area contributed by atoms with Gasteiger partial charge in [0, 0.05) is 4.91 Å². The maximum Gasteiger partial charge on any atom is 0.141 e. The first-order chi connectivity index (χ1) is 6.69. The molecule has 0 unspecified atom stereocenters. The van der Waals surface area contributed by atoms with Crippen LogP contribution in [0.2, 0.25) is 0 Å². The molecular formula is C8H4F2N4. The first-order valence-electron chi connectivity index (χ1n) is 3.58. The van der Waals surface area contributed by atoms with Crippen LogP contribution in [0.5, 0.6) is 0 Å². The highest BCUT2D eigenvalue weighted by atomic mass is 19.1. The number of azide groups is 1. The number of benzene rings is 1. The average molecular weight is 194 g/mol. The molecule has 1 aromatic rings. The summed E-state index contributed by atoms with van der Waals surface area (Å²) in [5, 5.41) is 11.5. The van der Waals surface area contributed by atoms with Crippen molar-refractivity contribution in [1.82, 2.24) is 0 Å². The molecule has 0 aliphatic carbocycles. The molecule has 6 heteroatoms. The van der Waals surface area contributed by atoms with Crippen molar-refractivity contribution in [2.24, 2.45) is 5.11 Å². The quantitative estimate of drug-likeness (QED) is 0.405. The Morgan fingerprint density at radius 1 is 1.43 bits per heavy atom. The standard InChI is InChI=1S/C8H4F2N4/c9-7-2-6(4-13-14-12)8(10)1-5(7)3-11/h1-2H,4H2. The third-order valence-electron chi connectivity index (χ3n) is 1.56. The van der Waals surface area contributed by atoms with E-state index in [0.717, 1.165) is 12.1 Å². The molecular weight excluding hydrogens is 190 g/mol. The van der Waals surface area contributed by atoms with E-state index in [2.05, 4.69) is 10.0 Å². The van der Waals surface area contributed by atoms with Crippen LogP contribution in [-0.2, 0) is 6.54 Å². The Morgan fingerprint density at radius 2 is 2.14 bits per heavy atom. The molecule has 0 bridgehead atoms. The molecule has 0 amide bonds. The van der Waals surface area contributed by atoms with E-state index in [-0.39, 0.29) is 17.7 Å². The highest BCUT2D eigenvalue weighted by Crippen LogP contribution is 2.15. The van der Waals surface area contributed by atoms with Gasteiger partial charge in [-0.1, -0.05) is 5.11 Å². The first-order valence-corrected chi connectivity index (χ1v) is 3.58. The Hall–Kier alpha value is -2.12. The number of nitriles is 1. The fourth-order valence-electron chi connectivity index (χ4n) is 0.903. The van der Waals surface area contributed by atoms with Crippen LogP contribution in [0.1, 0.15) is 11.1 Å². The molecule has 0 saturated carbocycles. The fourth-order valence-corrected chi connectivity index (χ4v) is 0.903. The smallest absolute Gasteiger partial charge is 0.141 e. The van der Waals surface area contributed by atoms with E-state index in [1.54, 1.807) is 0 Å². The summed E-state index contributed by atoms with van der Waals surface area (Å²) in [5.41, 5.74) is 7.54. The largest absolute Gasteiger partial charge is 0.207 e. The lowest BCUT2D eigenvalue weighted by atomic mass is 10.1. The lowest BCUT2D eigenvalue weighted by molar-refractivity contribution is 0.583. The number of hydrogen-bond acceptors (Lipinski definition) is 2. The second-order valence-electron chi connectivity index (χ2n) is 2.42. The van der Waals surface area contributed by atoms with E-state index >= 15 is 0 Å². The maximum absolute atomic E-state index is 13.0. The van der Waals surface area contributed by atoms with Gasteiger partial charge >= 0.3 is 0 Å². The molecule has 4 nitrogen and oxygen atoms in total. The molecule has 0 N–H and O–H groups in total. The highest BCUT2D eigenvalue weighted by molar-refractivity contribution is 5.34. The van der Waals surface area contributed by atoms with Crippen molar-refractivity contribution in [2.75, 3.05) is 0 Å². The minimum atomic E-state index is -0.822. The molecule has 0 fully saturated rings. The lowest BCUT2D eigenvalue weighted by Gasteiger charge is -2.00. The zero-order valence-electron chi connectivity index (χ0n) is 6.91. The topological polar surface area (TPSA) is 72.5 Å².